The number of hydrogen-bond acceptors (Lipinski definition) is 4. The number of hydrogen-bond donors (Lipinski definition) is 1. The van der Waals surface area contributed by atoms with Crippen molar-refractivity contribution in [2.75, 3.05) is 5.43 Å². The zero-order chi connectivity index (χ0) is 13.6. The molecule has 2 aromatic heterocycles. The van der Waals surface area contributed by atoms with Crippen LogP contribution in [0.2, 0.25) is 0 Å². The molecule has 1 N–H and O–H groups in total. The van der Waals surface area contributed by atoms with Crippen molar-refractivity contribution in [2.24, 2.45) is 5.10 Å². The van der Waals surface area contributed by atoms with Crippen molar-refractivity contribution in [3.05, 3.63) is 73.1 Å². The summed E-state index contributed by atoms with van der Waals surface area (Å²) in [6.07, 6.45) is 10.7. The van der Waals surface area contributed by atoms with Gasteiger partial charge in [-0.15, -0.1) is 0 Å². The van der Waals surface area contributed by atoms with Gasteiger partial charge in [-0.2, -0.15) is 5.10 Å². The Balaban J connectivity index is 1.65. The summed E-state index contributed by atoms with van der Waals surface area (Å²) in [5.74, 6) is 0. The molecule has 3 rings (SSSR count). The fraction of sp³-hybridized carbons (Fsp3) is 0. The summed E-state index contributed by atoms with van der Waals surface area (Å²) in [6, 6.07) is 11.7. The Morgan fingerprint density at radius 2 is 1.75 bits per heavy atom. The maximum Gasteiger partial charge on any atom is 0.0991 e. The molecule has 3 aromatic rings. The van der Waals surface area contributed by atoms with E-state index in [1.54, 1.807) is 31.1 Å². The molecule has 0 saturated carbocycles. The first-order chi connectivity index (χ1) is 9.92. The number of benzene rings is 1. The van der Waals surface area contributed by atoms with Crippen molar-refractivity contribution in [3.63, 3.8) is 0 Å². The summed E-state index contributed by atoms with van der Waals surface area (Å²) < 4.78 is 1.95. The van der Waals surface area contributed by atoms with Gasteiger partial charge in [0.05, 0.1) is 18.2 Å². The van der Waals surface area contributed by atoms with Crippen LogP contribution in [0.3, 0.4) is 0 Å². The number of nitrogens with one attached hydrogen (secondary N) is 1. The van der Waals surface area contributed by atoms with Crippen LogP contribution >= 0.6 is 0 Å². The maximum atomic E-state index is 4.18. The molecule has 0 spiro atoms. The molecule has 1 aromatic carbocycles. The smallest absolute Gasteiger partial charge is 0.0991 e. The molecule has 5 nitrogen and oxygen atoms in total. The molecule has 0 radical (unpaired) electrons. The molecule has 0 saturated heterocycles. The standard InChI is InChI=1S/C15H13N5/c1-3-15(20-10-9-17-12-20)4-2-14(1)19-18-11-13-5-7-16-8-6-13/h1-12,19H/b18-11+. The summed E-state index contributed by atoms with van der Waals surface area (Å²) in [6.45, 7) is 0. The van der Waals surface area contributed by atoms with Crippen molar-refractivity contribution in [3.8, 4) is 5.69 Å². The third-order valence-electron chi connectivity index (χ3n) is 2.78. The lowest BCUT2D eigenvalue weighted by molar-refractivity contribution is 1.06. The number of anilines is 1. The van der Waals surface area contributed by atoms with Crippen LogP contribution in [0.1, 0.15) is 5.56 Å². The topological polar surface area (TPSA) is 55.1 Å². The highest BCUT2D eigenvalue weighted by Gasteiger charge is 1.95. The SMILES string of the molecule is C(=N\Nc1ccc(-n2ccnc2)cc1)/c1ccncc1. The third-order valence-corrected chi connectivity index (χ3v) is 2.78. The highest BCUT2D eigenvalue weighted by atomic mass is 15.3. The van der Waals surface area contributed by atoms with E-state index in [-0.39, 0.29) is 0 Å². The molecule has 98 valence electrons. The van der Waals surface area contributed by atoms with Gasteiger partial charge in [0.1, 0.15) is 0 Å². The van der Waals surface area contributed by atoms with E-state index in [9.17, 15) is 0 Å². The largest absolute Gasteiger partial charge is 0.306 e. The first kappa shape index (κ1) is 12.1. The lowest BCUT2D eigenvalue weighted by Crippen LogP contribution is -1.93. The molecule has 0 aliphatic rings. The van der Waals surface area contributed by atoms with Crippen molar-refractivity contribution < 1.29 is 0 Å². The summed E-state index contributed by atoms with van der Waals surface area (Å²) in [5.41, 5.74) is 5.98. The van der Waals surface area contributed by atoms with Gasteiger partial charge in [0, 0.05) is 30.5 Å². The van der Waals surface area contributed by atoms with E-state index in [1.807, 2.05) is 47.2 Å². The van der Waals surface area contributed by atoms with E-state index in [2.05, 4.69) is 20.5 Å². The molecule has 0 aliphatic heterocycles. The molecule has 20 heavy (non-hydrogen) atoms. The first-order valence-corrected chi connectivity index (χ1v) is 6.19. The molecular formula is C15H13N5. The molecule has 2 heterocycles. The van der Waals surface area contributed by atoms with E-state index in [1.165, 1.54) is 0 Å². The van der Waals surface area contributed by atoms with Crippen LogP contribution in [0.15, 0.2) is 72.6 Å². The number of nitrogens with zero attached hydrogens (tertiary/aromatic N) is 4. The van der Waals surface area contributed by atoms with Gasteiger partial charge in [0.25, 0.3) is 0 Å². The minimum absolute atomic E-state index is 0.930. The van der Waals surface area contributed by atoms with Crippen LogP contribution in [-0.2, 0) is 0 Å². The zero-order valence-corrected chi connectivity index (χ0v) is 10.7. The highest BCUT2D eigenvalue weighted by Crippen LogP contribution is 2.12. The summed E-state index contributed by atoms with van der Waals surface area (Å²) in [7, 11) is 0. The van der Waals surface area contributed by atoms with Crippen molar-refractivity contribution in [1.29, 1.82) is 0 Å². The van der Waals surface area contributed by atoms with Gasteiger partial charge < -0.3 is 4.57 Å². The van der Waals surface area contributed by atoms with E-state index in [0.717, 1.165) is 16.9 Å². The number of hydrazone groups is 1. The second kappa shape index (κ2) is 5.79. The van der Waals surface area contributed by atoms with E-state index in [0.29, 0.717) is 0 Å². The van der Waals surface area contributed by atoms with Crippen LogP contribution in [-0.4, -0.2) is 20.7 Å². The van der Waals surface area contributed by atoms with Gasteiger partial charge in [-0.05, 0) is 42.0 Å². The fourth-order valence-corrected chi connectivity index (χ4v) is 1.75. The van der Waals surface area contributed by atoms with Crippen LogP contribution in [0.5, 0.6) is 0 Å². The second-order valence-electron chi connectivity index (χ2n) is 4.17. The lowest BCUT2D eigenvalue weighted by Gasteiger charge is -2.04. The second-order valence-corrected chi connectivity index (χ2v) is 4.17. The Bertz CT molecular complexity index is 672. The number of pyridine rings is 1. The van der Waals surface area contributed by atoms with E-state index >= 15 is 0 Å². The van der Waals surface area contributed by atoms with Gasteiger partial charge in [-0.1, -0.05) is 0 Å². The molecule has 0 unspecified atom stereocenters. The number of imidazole rings is 1. The average Bonchev–Trinajstić information content (AvgIpc) is 3.03. The Morgan fingerprint density at radius 3 is 2.45 bits per heavy atom. The van der Waals surface area contributed by atoms with Crippen LogP contribution in [0.25, 0.3) is 5.69 Å². The van der Waals surface area contributed by atoms with Crippen molar-refractivity contribution in [1.82, 2.24) is 14.5 Å². The maximum absolute atomic E-state index is 4.18. The predicted molar refractivity (Wildman–Crippen MR) is 79.0 cm³/mol. The quantitative estimate of drug-likeness (QED) is 0.581. The van der Waals surface area contributed by atoms with Gasteiger partial charge in [-0.3, -0.25) is 10.4 Å². The Morgan fingerprint density at radius 1 is 0.950 bits per heavy atom. The molecule has 0 atom stereocenters. The predicted octanol–water partition coefficient (Wildman–Crippen LogP) is 2.71. The molecule has 0 amide bonds. The van der Waals surface area contributed by atoms with Crippen molar-refractivity contribution >= 4 is 11.9 Å². The average molecular weight is 263 g/mol. The van der Waals surface area contributed by atoms with E-state index in [4.69, 9.17) is 0 Å². The Kier molecular flexibility index (Phi) is 3.51. The molecule has 0 aliphatic carbocycles. The van der Waals surface area contributed by atoms with Crippen molar-refractivity contribution in [2.45, 2.75) is 0 Å². The first-order valence-electron chi connectivity index (χ1n) is 6.19. The normalized spacial score (nSPS) is 10.8. The van der Waals surface area contributed by atoms with Gasteiger partial charge in [0.15, 0.2) is 0 Å². The van der Waals surface area contributed by atoms with E-state index < -0.39 is 0 Å². The molecular weight excluding hydrogens is 250 g/mol. The Labute approximate surface area is 116 Å². The number of aromatic nitrogens is 3. The minimum Gasteiger partial charge on any atom is -0.306 e. The fourth-order valence-electron chi connectivity index (χ4n) is 1.75. The van der Waals surface area contributed by atoms with Crippen LogP contribution < -0.4 is 5.43 Å². The monoisotopic (exact) mass is 263 g/mol. The lowest BCUT2D eigenvalue weighted by atomic mass is 10.3. The molecule has 5 heteroatoms. The zero-order valence-electron chi connectivity index (χ0n) is 10.7. The summed E-state index contributed by atoms with van der Waals surface area (Å²) in [5, 5.41) is 4.18. The van der Waals surface area contributed by atoms with Gasteiger partial charge in [0.2, 0.25) is 0 Å². The summed E-state index contributed by atoms with van der Waals surface area (Å²) >= 11 is 0. The van der Waals surface area contributed by atoms with Crippen LogP contribution in [0, 0.1) is 0 Å². The van der Waals surface area contributed by atoms with Crippen LogP contribution in [0.4, 0.5) is 5.69 Å². The molecule has 0 fully saturated rings. The molecule has 0 bridgehead atoms. The Hall–Kier alpha value is -2.95. The summed E-state index contributed by atoms with van der Waals surface area (Å²) in [4.78, 5) is 7.98. The van der Waals surface area contributed by atoms with Gasteiger partial charge in [-0.25, -0.2) is 4.98 Å². The van der Waals surface area contributed by atoms with Gasteiger partial charge >= 0.3 is 0 Å². The highest BCUT2D eigenvalue weighted by molar-refractivity contribution is 5.79. The number of rotatable bonds is 4. The third kappa shape index (κ3) is 2.89. The minimum atomic E-state index is 0.930.